The van der Waals surface area contributed by atoms with Gasteiger partial charge in [-0.1, -0.05) is 35.3 Å². The van der Waals surface area contributed by atoms with Gasteiger partial charge in [0.25, 0.3) is 0 Å². The number of thiol groups is 1. The van der Waals surface area contributed by atoms with E-state index in [9.17, 15) is 0 Å². The molecule has 0 atom stereocenters. The molecule has 223 valence electrons. The summed E-state index contributed by atoms with van der Waals surface area (Å²) >= 11 is 32.4. The van der Waals surface area contributed by atoms with E-state index in [0.717, 1.165) is 71.5 Å². The average Bonchev–Trinajstić information content (AvgIpc) is 3.86. The van der Waals surface area contributed by atoms with Crippen molar-refractivity contribution in [3.8, 4) is 41.8 Å². The van der Waals surface area contributed by atoms with Crippen LogP contribution in [0, 0.1) is 0 Å². The number of thiophene rings is 4. The van der Waals surface area contributed by atoms with Crippen molar-refractivity contribution in [3.05, 3.63) is 89.0 Å². The third-order valence-corrected chi connectivity index (χ3v) is 12.9. The van der Waals surface area contributed by atoms with E-state index in [0.29, 0.717) is 5.02 Å². The van der Waals surface area contributed by atoms with Crippen LogP contribution in [0.5, 0.6) is 0 Å². The molecule has 8 aromatic rings. The van der Waals surface area contributed by atoms with Gasteiger partial charge in [-0.3, -0.25) is 0 Å². The molecule has 8 rings (SSSR count). The molecule has 0 N–H and O–H groups in total. The van der Waals surface area contributed by atoms with Crippen LogP contribution in [0.4, 0.5) is 0 Å². The summed E-state index contributed by atoms with van der Waals surface area (Å²) in [5, 5.41) is 5.54. The molecular formula is C28H13BBr2Cl2N5S7. The second kappa shape index (κ2) is 15.2. The molecular weight excluding hydrogens is 872 g/mol. The van der Waals surface area contributed by atoms with Crippen LogP contribution in [-0.2, 0) is 0 Å². The van der Waals surface area contributed by atoms with Crippen molar-refractivity contribution in [1.82, 2.24) is 17.5 Å². The minimum atomic E-state index is 0.703. The second-order valence-corrected chi connectivity index (χ2v) is 17.7. The molecule has 0 aliphatic heterocycles. The third-order valence-electron chi connectivity index (χ3n) is 6.19. The first-order chi connectivity index (χ1) is 21.9. The molecule has 0 amide bonds. The summed E-state index contributed by atoms with van der Waals surface area (Å²) in [4.78, 5) is 4.52. The van der Waals surface area contributed by atoms with E-state index in [1.165, 1.54) is 28.3 Å². The van der Waals surface area contributed by atoms with Gasteiger partial charge < -0.3 is 0 Å². The molecule has 2 aromatic carbocycles. The molecule has 0 saturated heterocycles. The van der Waals surface area contributed by atoms with Crippen LogP contribution in [0.3, 0.4) is 0 Å². The zero-order chi connectivity index (χ0) is 31.5. The Kier molecular flexibility index (Phi) is 11.4. The predicted molar refractivity (Wildman–Crippen MR) is 211 cm³/mol. The number of rotatable bonds is 4. The Hall–Kier alpha value is -1.37. The summed E-state index contributed by atoms with van der Waals surface area (Å²) in [6.07, 6.45) is 0. The molecule has 45 heavy (non-hydrogen) atoms. The molecule has 0 spiro atoms. The Morgan fingerprint density at radius 3 is 1.53 bits per heavy atom. The Morgan fingerprint density at radius 1 is 0.622 bits per heavy atom. The quantitative estimate of drug-likeness (QED) is 0.141. The predicted octanol–water partition coefficient (Wildman–Crippen LogP) is 13.3. The van der Waals surface area contributed by atoms with Gasteiger partial charge in [0.1, 0.15) is 22.1 Å². The number of fused-ring (bicyclic) bond motifs is 2. The fraction of sp³-hybridized carbons (Fsp3) is 0. The van der Waals surface area contributed by atoms with Gasteiger partial charge >= 0.3 is 24.8 Å². The Labute approximate surface area is 315 Å². The van der Waals surface area contributed by atoms with Crippen LogP contribution in [0.15, 0.2) is 83.3 Å². The Morgan fingerprint density at radius 2 is 1.07 bits per heavy atom. The third kappa shape index (κ3) is 7.24. The molecule has 1 radical (unpaired) electrons. The van der Waals surface area contributed by atoms with E-state index in [-0.39, 0.29) is 0 Å². The van der Waals surface area contributed by atoms with Crippen LogP contribution >= 0.6 is 137 Å². The fourth-order valence-corrected chi connectivity index (χ4v) is 10.6. The zero-order valence-corrected chi connectivity index (χ0v) is 32.6. The van der Waals surface area contributed by atoms with Crippen LogP contribution in [-0.4, -0.2) is 25.1 Å². The van der Waals surface area contributed by atoms with Gasteiger partial charge in [-0.05, 0) is 91.2 Å². The molecule has 0 unspecified atom stereocenters. The van der Waals surface area contributed by atoms with Crippen molar-refractivity contribution in [2.24, 2.45) is 4.30 Å². The fourth-order valence-electron chi connectivity index (χ4n) is 4.42. The van der Waals surface area contributed by atoms with E-state index in [2.05, 4.69) is 104 Å². The van der Waals surface area contributed by atoms with Crippen molar-refractivity contribution >= 4 is 166 Å². The number of aromatic nitrogens is 4. The van der Waals surface area contributed by atoms with Crippen molar-refractivity contribution in [1.29, 1.82) is 0 Å². The first kappa shape index (κ1) is 33.5. The van der Waals surface area contributed by atoms with Gasteiger partial charge in [0.05, 0.1) is 41.1 Å². The molecule has 0 fully saturated rings. The molecule has 6 aromatic heterocycles. The second-order valence-electron chi connectivity index (χ2n) is 8.76. The SMILES string of the molecule is Clc1cc(-c2ccc(Br)s2)c2nsnc2c1-c1ccc(Br)s1.Clc1cc(-c2cccs2)c2nsnc2c1-c1cccs1.[B]=NS. The van der Waals surface area contributed by atoms with Crippen LogP contribution in [0.2, 0.25) is 10.0 Å². The van der Waals surface area contributed by atoms with Crippen LogP contribution in [0.1, 0.15) is 0 Å². The van der Waals surface area contributed by atoms with Crippen molar-refractivity contribution < 1.29 is 0 Å². The van der Waals surface area contributed by atoms with Gasteiger partial charge in [-0.15, -0.1) is 45.3 Å². The van der Waals surface area contributed by atoms with Gasteiger partial charge in [-0.2, -0.15) is 17.5 Å². The van der Waals surface area contributed by atoms with Crippen molar-refractivity contribution in [3.63, 3.8) is 0 Å². The van der Waals surface area contributed by atoms with Gasteiger partial charge in [-0.25, -0.2) is 0 Å². The standard InChI is InChI=1S/C14H5Br2ClN2S3.C14H7ClN2S3.BHNS/c15-10-3-1-8(20-10)6-5-7(17)12(9-2-4-11(16)21-9)14-13(6)18-22-19-14;15-9-7-8(10-3-1-5-18-10)13-14(17-20-16-13)12(9)11-4-2-6-19-11;1-2-3/h1-5H;1-7H;3H. The first-order valence-electron chi connectivity index (χ1n) is 12.4. The van der Waals surface area contributed by atoms with E-state index in [1.54, 1.807) is 45.3 Å². The van der Waals surface area contributed by atoms with Crippen LogP contribution < -0.4 is 0 Å². The summed E-state index contributed by atoms with van der Waals surface area (Å²) in [5.41, 5.74) is 7.65. The average molecular weight is 885 g/mol. The molecule has 17 heteroatoms. The summed E-state index contributed by atoms with van der Waals surface area (Å²) < 4.78 is 22.8. The Balaban J connectivity index is 0.000000147. The maximum absolute atomic E-state index is 6.59. The number of benzene rings is 2. The molecule has 5 nitrogen and oxygen atoms in total. The zero-order valence-electron chi connectivity index (χ0n) is 22.2. The first-order valence-corrected chi connectivity index (χ1v) is 20.0. The Bertz CT molecular complexity index is 2230. The number of halogens is 4. The summed E-state index contributed by atoms with van der Waals surface area (Å²) in [5.74, 6) is 0. The minimum absolute atomic E-state index is 0.703. The summed E-state index contributed by atoms with van der Waals surface area (Å²) in [7, 11) is 4.34. The maximum atomic E-state index is 6.59. The number of hydrogen-bond acceptors (Lipinski definition) is 12. The van der Waals surface area contributed by atoms with E-state index < -0.39 is 0 Å². The normalized spacial score (nSPS) is 10.8. The number of hydrogen-bond donors (Lipinski definition) is 1. The van der Waals surface area contributed by atoms with Crippen LogP contribution in [0.25, 0.3) is 63.8 Å². The van der Waals surface area contributed by atoms with Gasteiger partial charge in [0, 0.05) is 41.8 Å². The molecule has 0 aliphatic rings. The molecule has 0 aliphatic carbocycles. The van der Waals surface area contributed by atoms with E-state index >= 15 is 0 Å². The molecule has 0 saturated carbocycles. The van der Waals surface area contributed by atoms with Gasteiger partial charge in [0.15, 0.2) is 0 Å². The topological polar surface area (TPSA) is 63.9 Å². The molecule has 0 bridgehead atoms. The van der Waals surface area contributed by atoms with Crippen molar-refractivity contribution in [2.45, 2.75) is 0 Å². The van der Waals surface area contributed by atoms with Crippen molar-refractivity contribution in [2.75, 3.05) is 0 Å². The monoisotopic (exact) mass is 882 g/mol. The van der Waals surface area contributed by atoms with E-state index in [4.69, 9.17) is 23.2 Å². The van der Waals surface area contributed by atoms with E-state index in [1.807, 2.05) is 41.8 Å². The summed E-state index contributed by atoms with van der Waals surface area (Å²) in [6.45, 7) is 0. The summed E-state index contributed by atoms with van der Waals surface area (Å²) in [6, 6.07) is 20.4. The van der Waals surface area contributed by atoms with Gasteiger partial charge in [0.2, 0.25) is 0 Å². The number of nitrogens with zero attached hydrogens (tertiary/aromatic N) is 5. The molecule has 6 heterocycles.